The van der Waals surface area contributed by atoms with Gasteiger partial charge in [0.05, 0.1) is 0 Å². The summed E-state index contributed by atoms with van der Waals surface area (Å²) < 4.78 is 0. The maximum Gasteiger partial charge on any atom is 0.115 e. The molecule has 1 aromatic rings. The number of aromatic hydroxyl groups is 1. The van der Waals surface area contributed by atoms with Crippen molar-refractivity contribution in [2.24, 2.45) is 5.41 Å². The number of phenolic OH excluding ortho intramolecular Hbond substituents is 1. The average molecular weight is 276 g/mol. The minimum Gasteiger partial charge on any atom is -0.508 e. The first kappa shape index (κ1) is 15.3. The van der Waals surface area contributed by atoms with E-state index in [-0.39, 0.29) is 11.0 Å². The van der Waals surface area contributed by atoms with Crippen molar-refractivity contribution in [3.05, 3.63) is 29.8 Å². The number of nitrogens with one attached hydrogen (secondary N) is 1. The molecule has 1 atom stereocenters. The summed E-state index contributed by atoms with van der Waals surface area (Å²) in [5.41, 5.74) is 1.66. The van der Waals surface area contributed by atoms with Crippen molar-refractivity contribution in [1.82, 2.24) is 10.2 Å². The van der Waals surface area contributed by atoms with Crippen LogP contribution in [0.4, 0.5) is 0 Å². The second kappa shape index (κ2) is 5.38. The van der Waals surface area contributed by atoms with Crippen molar-refractivity contribution < 1.29 is 5.11 Å². The van der Waals surface area contributed by atoms with Crippen molar-refractivity contribution in [1.29, 1.82) is 0 Å². The molecule has 0 bridgehead atoms. The van der Waals surface area contributed by atoms with E-state index in [9.17, 15) is 5.11 Å². The second-order valence-electron chi connectivity index (χ2n) is 7.72. The highest BCUT2D eigenvalue weighted by Gasteiger charge is 2.38. The lowest BCUT2D eigenvalue weighted by Crippen LogP contribution is -2.64. The van der Waals surface area contributed by atoms with E-state index in [1.807, 2.05) is 12.1 Å². The standard InChI is InChI=1S/C17H28N2O/c1-16(2,3)15-10-18-17(4,5)12-19(15)11-13-6-8-14(20)9-7-13/h6-9,15,18,20H,10-12H2,1-5H3. The lowest BCUT2D eigenvalue weighted by molar-refractivity contribution is 0.0272. The SMILES string of the molecule is CC1(C)CN(Cc2ccc(O)cc2)C(C(C)(C)C)CN1. The Hall–Kier alpha value is -1.06. The first-order valence-corrected chi connectivity index (χ1v) is 7.44. The molecule has 1 aromatic carbocycles. The molecule has 1 fully saturated rings. The highest BCUT2D eigenvalue weighted by atomic mass is 16.3. The molecule has 1 heterocycles. The van der Waals surface area contributed by atoms with Crippen LogP contribution in [0, 0.1) is 5.41 Å². The predicted octanol–water partition coefficient (Wildman–Crippen LogP) is 2.99. The third-order valence-electron chi connectivity index (χ3n) is 4.13. The second-order valence-corrected chi connectivity index (χ2v) is 7.72. The summed E-state index contributed by atoms with van der Waals surface area (Å²) in [7, 11) is 0. The first-order valence-electron chi connectivity index (χ1n) is 7.44. The van der Waals surface area contributed by atoms with Crippen molar-refractivity contribution >= 4 is 0 Å². The lowest BCUT2D eigenvalue weighted by Gasteiger charge is -2.49. The zero-order valence-corrected chi connectivity index (χ0v) is 13.4. The van der Waals surface area contributed by atoms with Crippen LogP contribution < -0.4 is 5.32 Å². The monoisotopic (exact) mass is 276 g/mol. The number of piperazine rings is 1. The van der Waals surface area contributed by atoms with Gasteiger partial charge in [0.2, 0.25) is 0 Å². The van der Waals surface area contributed by atoms with Crippen LogP contribution in [0.1, 0.15) is 40.2 Å². The molecule has 20 heavy (non-hydrogen) atoms. The molecule has 1 unspecified atom stereocenters. The maximum atomic E-state index is 9.40. The molecule has 3 heteroatoms. The van der Waals surface area contributed by atoms with E-state index in [0.29, 0.717) is 11.8 Å². The Balaban J connectivity index is 2.17. The van der Waals surface area contributed by atoms with Crippen LogP contribution in [0.5, 0.6) is 5.75 Å². The van der Waals surface area contributed by atoms with Crippen LogP contribution in [0.15, 0.2) is 24.3 Å². The van der Waals surface area contributed by atoms with Crippen molar-refractivity contribution in [3.8, 4) is 5.75 Å². The third-order valence-corrected chi connectivity index (χ3v) is 4.13. The number of hydrogen-bond acceptors (Lipinski definition) is 3. The van der Waals surface area contributed by atoms with Gasteiger partial charge in [-0.3, -0.25) is 4.90 Å². The topological polar surface area (TPSA) is 35.5 Å². The van der Waals surface area contributed by atoms with Crippen LogP contribution >= 0.6 is 0 Å². The Labute approximate surface area is 123 Å². The fourth-order valence-corrected chi connectivity index (χ4v) is 3.03. The number of rotatable bonds is 2. The maximum absolute atomic E-state index is 9.40. The van der Waals surface area contributed by atoms with E-state index < -0.39 is 0 Å². The quantitative estimate of drug-likeness (QED) is 0.871. The third kappa shape index (κ3) is 3.74. The van der Waals surface area contributed by atoms with E-state index >= 15 is 0 Å². The highest BCUT2D eigenvalue weighted by Crippen LogP contribution is 2.30. The van der Waals surface area contributed by atoms with Crippen LogP contribution in [0.3, 0.4) is 0 Å². The molecule has 2 N–H and O–H groups in total. The Bertz CT molecular complexity index is 445. The van der Waals surface area contributed by atoms with Gasteiger partial charge in [-0.05, 0) is 37.0 Å². The summed E-state index contributed by atoms with van der Waals surface area (Å²) in [6, 6.07) is 8.10. The smallest absolute Gasteiger partial charge is 0.115 e. The van der Waals surface area contributed by atoms with Crippen LogP contribution in [-0.2, 0) is 6.54 Å². The summed E-state index contributed by atoms with van der Waals surface area (Å²) in [6.07, 6.45) is 0. The fourth-order valence-electron chi connectivity index (χ4n) is 3.03. The van der Waals surface area contributed by atoms with Crippen LogP contribution in [-0.4, -0.2) is 34.7 Å². The summed E-state index contributed by atoms with van der Waals surface area (Å²) in [5.74, 6) is 0.335. The first-order chi connectivity index (χ1) is 9.17. The largest absolute Gasteiger partial charge is 0.508 e. The molecule has 1 aliphatic rings. The van der Waals surface area contributed by atoms with E-state index in [2.05, 4.69) is 44.8 Å². The Morgan fingerprint density at radius 2 is 1.85 bits per heavy atom. The van der Waals surface area contributed by atoms with Gasteiger partial charge in [-0.1, -0.05) is 32.9 Å². The molecule has 0 saturated carbocycles. The molecule has 0 amide bonds. The Morgan fingerprint density at radius 3 is 2.40 bits per heavy atom. The van der Waals surface area contributed by atoms with E-state index in [1.165, 1.54) is 5.56 Å². The summed E-state index contributed by atoms with van der Waals surface area (Å²) in [4.78, 5) is 2.57. The zero-order valence-electron chi connectivity index (χ0n) is 13.4. The van der Waals surface area contributed by atoms with Gasteiger partial charge in [0.25, 0.3) is 0 Å². The summed E-state index contributed by atoms with van der Waals surface area (Å²) >= 11 is 0. The average Bonchev–Trinajstić information content (AvgIpc) is 2.29. The molecule has 0 aliphatic carbocycles. The number of nitrogens with zero attached hydrogens (tertiary/aromatic N) is 1. The molecule has 0 spiro atoms. The molecule has 3 nitrogen and oxygen atoms in total. The predicted molar refractivity (Wildman–Crippen MR) is 83.8 cm³/mol. The van der Waals surface area contributed by atoms with Crippen molar-refractivity contribution in [2.75, 3.05) is 13.1 Å². The van der Waals surface area contributed by atoms with E-state index in [0.717, 1.165) is 19.6 Å². The fraction of sp³-hybridized carbons (Fsp3) is 0.647. The van der Waals surface area contributed by atoms with Gasteiger partial charge in [-0.25, -0.2) is 0 Å². The minimum absolute atomic E-state index is 0.151. The van der Waals surface area contributed by atoms with Gasteiger partial charge in [0.15, 0.2) is 0 Å². The number of hydrogen-bond donors (Lipinski definition) is 2. The van der Waals surface area contributed by atoms with Gasteiger partial charge >= 0.3 is 0 Å². The molecule has 1 aliphatic heterocycles. The van der Waals surface area contributed by atoms with Crippen LogP contribution in [0.2, 0.25) is 0 Å². The van der Waals surface area contributed by atoms with Gasteiger partial charge in [0.1, 0.15) is 5.75 Å². The zero-order chi connectivity index (χ0) is 15.0. The molecular formula is C17H28N2O. The van der Waals surface area contributed by atoms with Gasteiger partial charge in [-0.15, -0.1) is 0 Å². The van der Waals surface area contributed by atoms with Crippen LogP contribution in [0.25, 0.3) is 0 Å². The molecule has 0 aromatic heterocycles. The Morgan fingerprint density at radius 1 is 1.25 bits per heavy atom. The van der Waals surface area contributed by atoms with Crippen molar-refractivity contribution in [3.63, 3.8) is 0 Å². The normalized spacial score (nSPS) is 23.8. The molecular weight excluding hydrogens is 248 g/mol. The lowest BCUT2D eigenvalue weighted by atomic mass is 9.82. The minimum atomic E-state index is 0.151. The molecule has 0 radical (unpaired) electrons. The molecule has 1 saturated heterocycles. The number of phenols is 1. The van der Waals surface area contributed by atoms with E-state index in [1.54, 1.807) is 12.1 Å². The van der Waals surface area contributed by atoms with Gasteiger partial charge in [-0.2, -0.15) is 0 Å². The molecule has 112 valence electrons. The van der Waals surface area contributed by atoms with Gasteiger partial charge < -0.3 is 10.4 Å². The number of benzene rings is 1. The summed E-state index contributed by atoms with van der Waals surface area (Å²) in [6.45, 7) is 14.4. The summed E-state index contributed by atoms with van der Waals surface area (Å²) in [5, 5.41) is 13.1. The highest BCUT2D eigenvalue weighted by molar-refractivity contribution is 5.26. The van der Waals surface area contributed by atoms with Gasteiger partial charge in [0, 0.05) is 31.2 Å². The van der Waals surface area contributed by atoms with Crippen molar-refractivity contribution in [2.45, 2.75) is 52.7 Å². The van der Waals surface area contributed by atoms with E-state index in [4.69, 9.17) is 0 Å². The Kier molecular flexibility index (Phi) is 4.12. The molecule has 2 rings (SSSR count).